The van der Waals surface area contributed by atoms with Crippen LogP contribution < -0.4 is 10.7 Å². The van der Waals surface area contributed by atoms with Crippen molar-refractivity contribution in [1.29, 1.82) is 0 Å². The molecule has 0 fully saturated rings. The Kier molecular flexibility index (Phi) is 5.86. The maximum absolute atomic E-state index is 4.91. The second-order valence-electron chi connectivity index (χ2n) is 3.52. The summed E-state index contributed by atoms with van der Waals surface area (Å²) < 4.78 is 0. The predicted octanol–water partition coefficient (Wildman–Crippen LogP) is 2.02. The molecule has 7 heteroatoms. The van der Waals surface area contributed by atoms with Crippen LogP contribution in [0.15, 0.2) is 39.7 Å². The lowest BCUT2D eigenvalue weighted by molar-refractivity contribution is 0.856. The van der Waals surface area contributed by atoms with Gasteiger partial charge in [-0.2, -0.15) is 10.2 Å². The number of hydrogen-bond donors (Lipinski definition) is 2. The SMILES string of the molecule is CNC(=S)N/N=C(/C)C(C)N=Nc1ccccn1. The van der Waals surface area contributed by atoms with Crippen LogP contribution in [-0.2, 0) is 0 Å². The lowest BCUT2D eigenvalue weighted by Crippen LogP contribution is -2.30. The highest BCUT2D eigenvalue weighted by molar-refractivity contribution is 7.80. The third-order valence-corrected chi connectivity index (χ3v) is 2.44. The largest absolute Gasteiger partial charge is 0.364 e. The van der Waals surface area contributed by atoms with Crippen LogP contribution in [0.5, 0.6) is 0 Å². The van der Waals surface area contributed by atoms with Crippen LogP contribution >= 0.6 is 12.2 Å². The van der Waals surface area contributed by atoms with Crippen molar-refractivity contribution < 1.29 is 0 Å². The Hall–Kier alpha value is -1.89. The summed E-state index contributed by atoms with van der Waals surface area (Å²) in [5.41, 5.74) is 3.49. The van der Waals surface area contributed by atoms with Crippen LogP contribution in [0.3, 0.4) is 0 Å². The first-order valence-corrected chi connectivity index (χ1v) is 5.88. The van der Waals surface area contributed by atoms with Crippen molar-refractivity contribution in [3.05, 3.63) is 24.4 Å². The van der Waals surface area contributed by atoms with Gasteiger partial charge < -0.3 is 5.32 Å². The van der Waals surface area contributed by atoms with Crippen molar-refractivity contribution >= 4 is 28.9 Å². The molecule has 96 valence electrons. The fourth-order valence-electron chi connectivity index (χ4n) is 0.930. The van der Waals surface area contributed by atoms with E-state index in [2.05, 4.69) is 31.1 Å². The first-order chi connectivity index (χ1) is 8.63. The zero-order valence-corrected chi connectivity index (χ0v) is 11.4. The van der Waals surface area contributed by atoms with Gasteiger partial charge in [-0.05, 0) is 38.2 Å². The predicted molar refractivity (Wildman–Crippen MR) is 76.1 cm³/mol. The molecule has 0 saturated carbocycles. The summed E-state index contributed by atoms with van der Waals surface area (Å²) in [6.07, 6.45) is 1.67. The lowest BCUT2D eigenvalue weighted by atomic mass is 10.2. The highest BCUT2D eigenvalue weighted by Crippen LogP contribution is 2.07. The number of rotatable bonds is 4. The Labute approximate surface area is 112 Å². The van der Waals surface area contributed by atoms with Gasteiger partial charge in [-0.3, -0.25) is 5.43 Å². The average Bonchev–Trinajstić information content (AvgIpc) is 2.42. The van der Waals surface area contributed by atoms with Gasteiger partial charge in [-0.15, -0.1) is 5.11 Å². The van der Waals surface area contributed by atoms with E-state index in [-0.39, 0.29) is 6.04 Å². The van der Waals surface area contributed by atoms with Crippen LogP contribution in [0.1, 0.15) is 13.8 Å². The molecule has 1 atom stereocenters. The quantitative estimate of drug-likeness (QED) is 0.377. The van der Waals surface area contributed by atoms with Crippen LogP contribution in [-0.4, -0.2) is 28.9 Å². The van der Waals surface area contributed by atoms with Gasteiger partial charge in [0.1, 0.15) is 6.04 Å². The smallest absolute Gasteiger partial charge is 0.186 e. The minimum Gasteiger partial charge on any atom is -0.364 e. The minimum absolute atomic E-state index is 0.140. The molecule has 2 N–H and O–H groups in total. The van der Waals surface area contributed by atoms with Gasteiger partial charge in [-0.25, -0.2) is 4.98 Å². The molecule has 1 aromatic rings. The zero-order valence-electron chi connectivity index (χ0n) is 10.6. The first-order valence-electron chi connectivity index (χ1n) is 5.47. The summed E-state index contributed by atoms with van der Waals surface area (Å²) in [7, 11) is 1.73. The number of pyridine rings is 1. The van der Waals surface area contributed by atoms with Crippen molar-refractivity contribution in [3.8, 4) is 0 Å². The third kappa shape index (κ3) is 4.96. The van der Waals surface area contributed by atoms with Crippen LogP contribution in [0.4, 0.5) is 5.82 Å². The van der Waals surface area contributed by atoms with E-state index >= 15 is 0 Å². The van der Waals surface area contributed by atoms with Gasteiger partial charge >= 0.3 is 0 Å². The number of nitrogens with one attached hydrogen (secondary N) is 2. The normalized spacial score (nSPS) is 13.4. The van der Waals surface area contributed by atoms with Crippen molar-refractivity contribution in [2.75, 3.05) is 7.05 Å². The van der Waals surface area contributed by atoms with E-state index in [1.165, 1.54) is 0 Å². The van der Waals surface area contributed by atoms with Crippen molar-refractivity contribution in [2.24, 2.45) is 15.3 Å². The average molecular weight is 264 g/mol. The first kappa shape index (κ1) is 14.2. The molecule has 1 heterocycles. The minimum atomic E-state index is -0.140. The highest BCUT2D eigenvalue weighted by Gasteiger charge is 2.04. The molecular formula is C11H16N6S. The van der Waals surface area contributed by atoms with E-state index in [9.17, 15) is 0 Å². The van der Waals surface area contributed by atoms with E-state index in [1.54, 1.807) is 19.3 Å². The third-order valence-electron chi connectivity index (χ3n) is 2.15. The molecule has 0 aliphatic heterocycles. The Bertz CT molecular complexity index is 442. The number of thiocarbonyl (C=S) groups is 1. The molecule has 0 aliphatic carbocycles. The Morgan fingerprint density at radius 2 is 2.22 bits per heavy atom. The number of aromatic nitrogens is 1. The fraction of sp³-hybridized carbons (Fsp3) is 0.364. The van der Waals surface area contributed by atoms with Gasteiger partial charge in [0, 0.05) is 13.2 Å². The number of hydrogen-bond acceptors (Lipinski definition) is 5. The number of azo groups is 1. The molecular weight excluding hydrogens is 248 g/mol. The molecule has 0 aromatic carbocycles. The topological polar surface area (TPSA) is 74.0 Å². The Morgan fingerprint density at radius 3 is 2.83 bits per heavy atom. The van der Waals surface area contributed by atoms with Gasteiger partial charge in [0.2, 0.25) is 0 Å². The van der Waals surface area contributed by atoms with E-state index < -0.39 is 0 Å². The van der Waals surface area contributed by atoms with E-state index in [0.29, 0.717) is 10.9 Å². The van der Waals surface area contributed by atoms with Gasteiger partial charge in [0.25, 0.3) is 0 Å². The van der Waals surface area contributed by atoms with Gasteiger partial charge in [0.05, 0.1) is 5.71 Å². The molecule has 0 saturated heterocycles. The standard InChI is InChI=1S/C11H16N6S/c1-8(9(2)15-17-11(18)12-3)14-16-10-6-4-5-7-13-10/h4-8H,1-3H3,(H2,12,17,18)/b15-9-,16-14?. The van der Waals surface area contributed by atoms with E-state index in [4.69, 9.17) is 12.2 Å². The molecule has 0 radical (unpaired) electrons. The fourth-order valence-corrected chi connectivity index (χ4v) is 0.976. The summed E-state index contributed by atoms with van der Waals surface area (Å²) in [6.45, 7) is 3.75. The molecule has 18 heavy (non-hydrogen) atoms. The molecule has 6 nitrogen and oxygen atoms in total. The zero-order chi connectivity index (χ0) is 13.4. The molecule has 0 aliphatic rings. The molecule has 0 spiro atoms. The summed E-state index contributed by atoms with van der Waals surface area (Å²) >= 11 is 4.91. The number of nitrogens with zero attached hydrogens (tertiary/aromatic N) is 4. The monoisotopic (exact) mass is 264 g/mol. The summed E-state index contributed by atoms with van der Waals surface area (Å²) in [5.74, 6) is 0.579. The Morgan fingerprint density at radius 1 is 1.44 bits per heavy atom. The van der Waals surface area contributed by atoms with Crippen LogP contribution in [0.2, 0.25) is 0 Å². The summed E-state index contributed by atoms with van der Waals surface area (Å²) in [4.78, 5) is 4.05. The maximum atomic E-state index is 4.91. The van der Waals surface area contributed by atoms with Crippen LogP contribution in [0.25, 0.3) is 0 Å². The Balaban J connectivity index is 2.57. The molecule has 0 amide bonds. The lowest BCUT2D eigenvalue weighted by Gasteiger charge is -2.06. The maximum Gasteiger partial charge on any atom is 0.186 e. The van der Waals surface area contributed by atoms with Crippen LogP contribution in [0, 0.1) is 0 Å². The number of hydrazone groups is 1. The summed E-state index contributed by atoms with van der Waals surface area (Å²) in [5, 5.41) is 15.5. The molecule has 1 rings (SSSR count). The molecule has 1 aromatic heterocycles. The molecule has 1 unspecified atom stereocenters. The van der Waals surface area contributed by atoms with E-state index in [1.807, 2.05) is 26.0 Å². The summed E-state index contributed by atoms with van der Waals surface area (Å²) in [6, 6.07) is 5.34. The van der Waals surface area contributed by atoms with Crippen molar-refractivity contribution in [1.82, 2.24) is 15.7 Å². The van der Waals surface area contributed by atoms with Gasteiger partial charge in [0.15, 0.2) is 10.9 Å². The second-order valence-corrected chi connectivity index (χ2v) is 3.93. The van der Waals surface area contributed by atoms with Gasteiger partial charge in [-0.1, -0.05) is 6.07 Å². The molecule has 0 bridgehead atoms. The van der Waals surface area contributed by atoms with Crippen molar-refractivity contribution in [2.45, 2.75) is 19.9 Å². The second kappa shape index (κ2) is 7.44. The highest BCUT2D eigenvalue weighted by atomic mass is 32.1. The van der Waals surface area contributed by atoms with Crippen molar-refractivity contribution in [3.63, 3.8) is 0 Å². The van der Waals surface area contributed by atoms with E-state index in [0.717, 1.165) is 5.71 Å².